The van der Waals surface area contributed by atoms with Crippen molar-refractivity contribution in [2.24, 2.45) is 11.8 Å². The van der Waals surface area contributed by atoms with Gasteiger partial charge in [-0.3, -0.25) is 0 Å². The SMILES string of the molecule is Cc1cc(NC23CC4CC(CC(O)(C4)C2)C3)c2nncn2n1. The number of anilines is 1. The van der Waals surface area contributed by atoms with Crippen LogP contribution in [0.1, 0.15) is 44.2 Å². The van der Waals surface area contributed by atoms with Gasteiger partial charge in [-0.15, -0.1) is 10.2 Å². The lowest BCUT2D eigenvalue weighted by Gasteiger charge is -2.60. The van der Waals surface area contributed by atoms with Crippen LogP contribution in [0.2, 0.25) is 0 Å². The van der Waals surface area contributed by atoms with Gasteiger partial charge in [0.25, 0.3) is 0 Å². The topological polar surface area (TPSA) is 75.3 Å². The van der Waals surface area contributed by atoms with E-state index in [-0.39, 0.29) is 5.54 Å². The molecule has 2 atom stereocenters. The smallest absolute Gasteiger partial charge is 0.200 e. The van der Waals surface area contributed by atoms with Gasteiger partial charge in [-0.2, -0.15) is 9.61 Å². The first kappa shape index (κ1) is 12.8. The van der Waals surface area contributed by atoms with Crippen molar-refractivity contribution in [3.05, 3.63) is 18.1 Å². The second-order valence-corrected chi connectivity index (χ2v) is 7.89. The zero-order valence-electron chi connectivity index (χ0n) is 12.8. The zero-order valence-corrected chi connectivity index (χ0v) is 12.8. The predicted octanol–water partition coefficient (Wildman–Crippen LogP) is 1.93. The van der Waals surface area contributed by atoms with E-state index in [1.807, 2.05) is 13.0 Å². The summed E-state index contributed by atoms with van der Waals surface area (Å²) in [5.74, 6) is 1.33. The van der Waals surface area contributed by atoms with Crippen LogP contribution in [-0.2, 0) is 0 Å². The third-order valence-electron chi connectivity index (χ3n) is 5.82. The second-order valence-electron chi connectivity index (χ2n) is 7.89. The molecule has 116 valence electrons. The third-order valence-corrected chi connectivity index (χ3v) is 5.82. The Labute approximate surface area is 128 Å². The van der Waals surface area contributed by atoms with E-state index in [0.29, 0.717) is 11.8 Å². The molecule has 0 aromatic carbocycles. The van der Waals surface area contributed by atoms with Gasteiger partial charge < -0.3 is 10.4 Å². The van der Waals surface area contributed by atoms with E-state index < -0.39 is 5.60 Å². The maximum Gasteiger partial charge on any atom is 0.200 e. The van der Waals surface area contributed by atoms with Gasteiger partial charge in [0.15, 0.2) is 0 Å². The van der Waals surface area contributed by atoms with Gasteiger partial charge in [-0.1, -0.05) is 0 Å². The number of rotatable bonds is 2. The Hall–Kier alpha value is -1.69. The number of hydrogen-bond acceptors (Lipinski definition) is 5. The average molecular weight is 299 g/mol. The van der Waals surface area contributed by atoms with Gasteiger partial charge in [-0.25, -0.2) is 0 Å². The van der Waals surface area contributed by atoms with Gasteiger partial charge in [0.05, 0.1) is 17.0 Å². The summed E-state index contributed by atoms with van der Waals surface area (Å²) in [7, 11) is 0. The molecule has 0 amide bonds. The van der Waals surface area contributed by atoms with Crippen LogP contribution in [0.15, 0.2) is 12.4 Å². The summed E-state index contributed by atoms with van der Waals surface area (Å²) in [4.78, 5) is 0. The normalized spacial score (nSPS) is 39.5. The molecule has 2 aromatic heterocycles. The van der Waals surface area contributed by atoms with Crippen molar-refractivity contribution in [1.82, 2.24) is 19.8 Å². The van der Waals surface area contributed by atoms with Crippen molar-refractivity contribution in [2.75, 3.05) is 5.32 Å². The summed E-state index contributed by atoms with van der Waals surface area (Å²) in [6.07, 6.45) is 8.09. The van der Waals surface area contributed by atoms with Crippen LogP contribution < -0.4 is 5.32 Å². The number of hydrogen-bond donors (Lipinski definition) is 2. The molecule has 0 aliphatic heterocycles. The first-order valence-corrected chi connectivity index (χ1v) is 8.21. The standard InChI is InChI=1S/C16H21N5O/c1-10-2-13(14-19-17-9-21(14)20-10)18-15-4-11-3-12(5-15)7-16(22,6-11)8-15/h2,9,11-12,18,22H,3-8H2,1H3. The molecule has 4 aliphatic rings. The minimum Gasteiger partial charge on any atom is -0.390 e. The molecule has 22 heavy (non-hydrogen) atoms. The Bertz CT molecular complexity index is 740. The maximum absolute atomic E-state index is 10.9. The lowest BCUT2D eigenvalue weighted by Crippen LogP contribution is -2.62. The molecule has 6 rings (SSSR count). The Balaban J connectivity index is 1.56. The van der Waals surface area contributed by atoms with Gasteiger partial charge >= 0.3 is 0 Å². The van der Waals surface area contributed by atoms with Crippen molar-refractivity contribution < 1.29 is 5.11 Å². The van der Waals surface area contributed by atoms with Crippen LogP contribution in [0.3, 0.4) is 0 Å². The maximum atomic E-state index is 10.9. The second kappa shape index (κ2) is 3.98. The van der Waals surface area contributed by atoms with Gasteiger partial charge in [0.1, 0.15) is 6.33 Å². The third kappa shape index (κ3) is 1.79. The van der Waals surface area contributed by atoms with Crippen molar-refractivity contribution in [3.63, 3.8) is 0 Å². The molecule has 2 N–H and O–H groups in total. The van der Waals surface area contributed by atoms with Crippen LogP contribution >= 0.6 is 0 Å². The van der Waals surface area contributed by atoms with Crippen LogP contribution in [0.5, 0.6) is 0 Å². The van der Waals surface area contributed by atoms with Crippen LogP contribution in [0, 0.1) is 18.8 Å². The lowest BCUT2D eigenvalue weighted by atomic mass is 9.51. The molecular formula is C16H21N5O. The van der Waals surface area contributed by atoms with Crippen LogP contribution in [0.25, 0.3) is 5.65 Å². The molecule has 6 nitrogen and oxygen atoms in total. The number of aromatic nitrogens is 4. The van der Waals surface area contributed by atoms with E-state index in [4.69, 9.17) is 0 Å². The highest BCUT2D eigenvalue weighted by atomic mass is 16.3. The summed E-state index contributed by atoms with van der Waals surface area (Å²) in [6, 6.07) is 2.05. The Morgan fingerprint density at radius 1 is 1.27 bits per heavy atom. The number of aryl methyl sites for hydroxylation is 1. The summed E-state index contributed by atoms with van der Waals surface area (Å²) in [5.41, 5.74) is 2.27. The molecule has 0 saturated heterocycles. The summed E-state index contributed by atoms with van der Waals surface area (Å²) in [6.45, 7) is 1.98. The van der Waals surface area contributed by atoms with Crippen LogP contribution in [0.4, 0.5) is 5.69 Å². The summed E-state index contributed by atoms with van der Waals surface area (Å²) >= 11 is 0. The van der Waals surface area contributed by atoms with E-state index in [9.17, 15) is 5.11 Å². The fourth-order valence-electron chi connectivity index (χ4n) is 5.69. The van der Waals surface area contributed by atoms with Gasteiger partial charge in [0, 0.05) is 5.54 Å². The van der Waals surface area contributed by atoms with E-state index >= 15 is 0 Å². The molecule has 2 unspecified atom stereocenters. The van der Waals surface area contributed by atoms with Crippen molar-refractivity contribution in [3.8, 4) is 0 Å². The number of aliphatic hydroxyl groups is 1. The van der Waals surface area contributed by atoms with E-state index in [2.05, 4.69) is 20.6 Å². The summed E-state index contributed by atoms with van der Waals surface area (Å²) < 4.78 is 1.73. The minimum atomic E-state index is -0.455. The molecule has 4 saturated carbocycles. The molecule has 4 bridgehead atoms. The fourth-order valence-corrected chi connectivity index (χ4v) is 5.69. The molecule has 4 aliphatic carbocycles. The molecule has 0 radical (unpaired) electrons. The summed E-state index contributed by atoms with van der Waals surface area (Å²) in [5, 5.41) is 27.2. The average Bonchev–Trinajstić information content (AvgIpc) is 2.83. The molecule has 6 heteroatoms. The lowest BCUT2D eigenvalue weighted by molar-refractivity contribution is -0.127. The minimum absolute atomic E-state index is 0.0130. The van der Waals surface area contributed by atoms with E-state index in [0.717, 1.165) is 49.1 Å². The van der Waals surface area contributed by atoms with E-state index in [1.54, 1.807) is 10.8 Å². The molecule has 4 fully saturated rings. The Morgan fingerprint density at radius 3 is 2.77 bits per heavy atom. The number of nitrogens with one attached hydrogen (secondary N) is 1. The monoisotopic (exact) mass is 299 g/mol. The van der Waals surface area contributed by atoms with Crippen molar-refractivity contribution in [1.29, 1.82) is 0 Å². The number of nitrogens with zero attached hydrogens (tertiary/aromatic N) is 4. The van der Waals surface area contributed by atoms with Gasteiger partial charge in [-0.05, 0) is 63.4 Å². The highest BCUT2D eigenvalue weighted by Gasteiger charge is 2.57. The van der Waals surface area contributed by atoms with E-state index in [1.165, 1.54) is 6.42 Å². The van der Waals surface area contributed by atoms with Crippen molar-refractivity contribution in [2.45, 2.75) is 56.6 Å². The Kier molecular flexibility index (Phi) is 2.32. The Morgan fingerprint density at radius 2 is 2.05 bits per heavy atom. The zero-order chi connectivity index (χ0) is 14.9. The fraction of sp³-hybridized carbons (Fsp3) is 0.688. The first-order valence-electron chi connectivity index (χ1n) is 8.21. The molecular weight excluding hydrogens is 278 g/mol. The van der Waals surface area contributed by atoms with Gasteiger partial charge in [0.2, 0.25) is 5.65 Å². The van der Waals surface area contributed by atoms with Crippen LogP contribution in [-0.4, -0.2) is 36.1 Å². The predicted molar refractivity (Wildman–Crippen MR) is 81.5 cm³/mol. The highest BCUT2D eigenvalue weighted by molar-refractivity contribution is 5.67. The first-order chi connectivity index (χ1) is 10.5. The van der Waals surface area contributed by atoms with Crippen molar-refractivity contribution >= 4 is 11.3 Å². The largest absolute Gasteiger partial charge is 0.390 e. The highest BCUT2D eigenvalue weighted by Crippen LogP contribution is 2.58. The molecule has 2 heterocycles. The molecule has 0 spiro atoms. The quantitative estimate of drug-likeness (QED) is 0.886. The number of fused-ring (bicyclic) bond motifs is 1. The molecule has 2 aromatic rings.